The van der Waals surface area contributed by atoms with Crippen LogP contribution in [0.15, 0.2) is 24.8 Å². The number of allylic oxidation sites excluding steroid dienone is 1. The molecule has 1 fully saturated rings. The number of fused-ring (bicyclic) bond motifs is 1. The van der Waals surface area contributed by atoms with Gasteiger partial charge in [0.05, 0.1) is 12.5 Å². The third kappa shape index (κ3) is 3.34. The van der Waals surface area contributed by atoms with E-state index in [2.05, 4.69) is 22.3 Å². The van der Waals surface area contributed by atoms with E-state index in [4.69, 9.17) is 4.74 Å². The van der Waals surface area contributed by atoms with Crippen molar-refractivity contribution in [3.05, 3.63) is 24.8 Å². The fourth-order valence-corrected chi connectivity index (χ4v) is 3.82. The van der Waals surface area contributed by atoms with Crippen LogP contribution in [0, 0.1) is 23.7 Å². The summed E-state index contributed by atoms with van der Waals surface area (Å²) in [7, 11) is 0. The van der Waals surface area contributed by atoms with Crippen LogP contribution >= 0.6 is 0 Å². The van der Waals surface area contributed by atoms with Crippen LogP contribution in [0.3, 0.4) is 0 Å². The summed E-state index contributed by atoms with van der Waals surface area (Å²) in [6.45, 7) is 6.16. The first kappa shape index (κ1) is 16.7. The molecule has 0 unspecified atom stereocenters. The average molecular weight is 332 g/mol. The van der Waals surface area contributed by atoms with Gasteiger partial charge in [-0.15, -0.1) is 10.2 Å². The van der Waals surface area contributed by atoms with Crippen molar-refractivity contribution in [1.29, 1.82) is 0 Å². The van der Waals surface area contributed by atoms with Gasteiger partial charge in [-0.25, -0.2) is 0 Å². The van der Waals surface area contributed by atoms with E-state index in [1.54, 1.807) is 17.2 Å². The van der Waals surface area contributed by atoms with Crippen LogP contribution in [-0.2, 0) is 20.9 Å². The number of ether oxygens (including phenoxy) is 1. The summed E-state index contributed by atoms with van der Waals surface area (Å²) in [5.41, 5.74) is 0. The molecule has 4 atom stereocenters. The number of hydrogen-bond acceptors (Lipinski definition) is 5. The third-order valence-corrected chi connectivity index (χ3v) is 5.06. The van der Waals surface area contributed by atoms with E-state index in [1.165, 1.54) is 0 Å². The summed E-state index contributed by atoms with van der Waals surface area (Å²) in [6.07, 6.45) is 7.89. The molecule has 1 aliphatic carbocycles. The molecular formula is C17H24N4O3. The fourth-order valence-electron chi connectivity index (χ4n) is 3.82. The number of carbonyl (C=O) groups excluding carboxylic acids is 2. The number of carbonyl (C=O) groups is 2. The summed E-state index contributed by atoms with van der Waals surface area (Å²) in [4.78, 5) is 26.7. The largest absolute Gasteiger partial charge is 0.466 e. The van der Waals surface area contributed by atoms with Crippen LogP contribution in [0.5, 0.6) is 0 Å². The molecule has 0 radical (unpaired) electrons. The molecule has 2 aliphatic rings. The predicted molar refractivity (Wildman–Crippen MR) is 86.6 cm³/mol. The Morgan fingerprint density at radius 1 is 1.21 bits per heavy atom. The van der Waals surface area contributed by atoms with E-state index in [1.807, 2.05) is 18.7 Å². The molecule has 0 aromatic carbocycles. The average Bonchev–Trinajstić information content (AvgIpc) is 3.21. The van der Waals surface area contributed by atoms with Gasteiger partial charge in [0.2, 0.25) is 5.91 Å². The van der Waals surface area contributed by atoms with Crippen molar-refractivity contribution in [3.8, 4) is 0 Å². The molecule has 24 heavy (non-hydrogen) atoms. The van der Waals surface area contributed by atoms with Gasteiger partial charge in [-0.05, 0) is 24.7 Å². The zero-order chi connectivity index (χ0) is 17.1. The van der Waals surface area contributed by atoms with Crippen LogP contribution in [0.2, 0.25) is 0 Å². The number of likely N-dealkylation sites (tertiary alicyclic amines) is 1. The van der Waals surface area contributed by atoms with E-state index in [-0.39, 0.29) is 35.5 Å². The zero-order valence-corrected chi connectivity index (χ0v) is 14.2. The van der Waals surface area contributed by atoms with E-state index in [0.717, 1.165) is 0 Å². The first-order valence-corrected chi connectivity index (χ1v) is 8.55. The fraction of sp³-hybridized carbons (Fsp3) is 0.647. The Morgan fingerprint density at radius 3 is 2.67 bits per heavy atom. The van der Waals surface area contributed by atoms with Gasteiger partial charge >= 0.3 is 5.97 Å². The quantitative estimate of drug-likeness (QED) is 0.597. The molecule has 1 saturated heterocycles. The number of hydrogen-bond donors (Lipinski definition) is 0. The zero-order valence-electron chi connectivity index (χ0n) is 14.2. The monoisotopic (exact) mass is 332 g/mol. The van der Waals surface area contributed by atoms with Crippen LogP contribution in [0.25, 0.3) is 0 Å². The number of esters is 1. The van der Waals surface area contributed by atoms with Crippen molar-refractivity contribution < 1.29 is 14.3 Å². The van der Waals surface area contributed by atoms with Crippen molar-refractivity contribution in [2.24, 2.45) is 23.7 Å². The van der Waals surface area contributed by atoms with Gasteiger partial charge in [-0.3, -0.25) is 9.59 Å². The minimum Gasteiger partial charge on any atom is -0.466 e. The molecule has 130 valence electrons. The first-order valence-electron chi connectivity index (χ1n) is 8.55. The number of amides is 1. The lowest BCUT2D eigenvalue weighted by Gasteiger charge is -2.31. The van der Waals surface area contributed by atoms with E-state index < -0.39 is 0 Å². The normalized spacial score (nSPS) is 28.7. The smallest absolute Gasteiger partial charge is 0.309 e. The third-order valence-electron chi connectivity index (χ3n) is 5.06. The maximum Gasteiger partial charge on any atom is 0.309 e. The molecule has 0 spiro atoms. The molecule has 1 aromatic rings. The number of nitrogens with zero attached hydrogens (tertiary/aromatic N) is 4. The van der Waals surface area contributed by atoms with Crippen molar-refractivity contribution in [1.82, 2.24) is 19.7 Å². The lowest BCUT2D eigenvalue weighted by atomic mass is 9.72. The highest BCUT2D eigenvalue weighted by molar-refractivity contribution is 5.77. The SMILES string of the molecule is CCOC(=O)[C@@H]1[C@H]2CN(C(=O)CCn3cnnc3)C[C@@H]2C=C[C@@H]1C. The summed E-state index contributed by atoms with van der Waals surface area (Å²) in [6, 6.07) is 0. The van der Waals surface area contributed by atoms with Crippen molar-refractivity contribution in [3.63, 3.8) is 0 Å². The summed E-state index contributed by atoms with van der Waals surface area (Å²) in [5, 5.41) is 7.48. The standard InChI is InChI=1S/C17H24N4O3/c1-3-24-17(23)16-12(2)4-5-13-8-21(9-14(13)16)15(22)6-7-20-10-18-19-11-20/h4-5,10-14,16H,3,6-9H2,1-2H3/t12-,13-,14-,16-/m0/s1. The molecule has 7 heteroatoms. The van der Waals surface area contributed by atoms with Crippen LogP contribution < -0.4 is 0 Å². The van der Waals surface area contributed by atoms with Gasteiger partial charge in [-0.2, -0.15) is 0 Å². The van der Waals surface area contributed by atoms with Gasteiger partial charge in [0.1, 0.15) is 12.7 Å². The minimum absolute atomic E-state index is 0.113. The highest BCUT2D eigenvalue weighted by Gasteiger charge is 2.45. The Morgan fingerprint density at radius 2 is 1.96 bits per heavy atom. The molecule has 1 aliphatic heterocycles. The molecule has 1 amide bonds. The molecule has 7 nitrogen and oxygen atoms in total. The van der Waals surface area contributed by atoms with Crippen LogP contribution in [-0.4, -0.2) is 51.2 Å². The van der Waals surface area contributed by atoms with Crippen molar-refractivity contribution >= 4 is 11.9 Å². The van der Waals surface area contributed by atoms with Gasteiger partial charge < -0.3 is 14.2 Å². The molecule has 0 N–H and O–H groups in total. The van der Waals surface area contributed by atoms with Gasteiger partial charge in [-0.1, -0.05) is 19.1 Å². The van der Waals surface area contributed by atoms with Crippen molar-refractivity contribution in [2.75, 3.05) is 19.7 Å². The van der Waals surface area contributed by atoms with Gasteiger partial charge in [0.25, 0.3) is 0 Å². The van der Waals surface area contributed by atoms with Crippen LogP contribution in [0.1, 0.15) is 20.3 Å². The second-order valence-corrected chi connectivity index (χ2v) is 6.60. The summed E-state index contributed by atoms with van der Waals surface area (Å²) < 4.78 is 7.05. The lowest BCUT2D eigenvalue weighted by molar-refractivity contribution is -0.152. The second-order valence-electron chi connectivity index (χ2n) is 6.60. The van der Waals surface area contributed by atoms with E-state index in [0.29, 0.717) is 32.7 Å². The molecule has 0 saturated carbocycles. The predicted octanol–water partition coefficient (Wildman–Crippen LogP) is 1.13. The highest BCUT2D eigenvalue weighted by atomic mass is 16.5. The van der Waals surface area contributed by atoms with E-state index in [9.17, 15) is 9.59 Å². The Hall–Kier alpha value is -2.18. The maximum absolute atomic E-state index is 12.5. The van der Waals surface area contributed by atoms with Gasteiger partial charge in [0, 0.05) is 26.1 Å². The minimum atomic E-state index is -0.157. The number of aryl methyl sites for hydroxylation is 1. The van der Waals surface area contributed by atoms with Gasteiger partial charge in [0.15, 0.2) is 0 Å². The Bertz CT molecular complexity index is 613. The molecule has 3 rings (SSSR count). The molecule has 0 bridgehead atoms. The Kier molecular flexibility index (Phi) is 4.97. The molecule has 1 aromatic heterocycles. The summed E-state index contributed by atoms with van der Waals surface area (Å²) in [5.74, 6) is 0.371. The highest BCUT2D eigenvalue weighted by Crippen LogP contribution is 2.40. The lowest BCUT2D eigenvalue weighted by Crippen LogP contribution is -2.37. The van der Waals surface area contributed by atoms with Crippen molar-refractivity contribution in [2.45, 2.75) is 26.8 Å². The van der Waals surface area contributed by atoms with E-state index >= 15 is 0 Å². The second kappa shape index (κ2) is 7.15. The Balaban J connectivity index is 1.63. The molecule has 2 heterocycles. The Labute approximate surface area is 141 Å². The topological polar surface area (TPSA) is 77.3 Å². The molecular weight excluding hydrogens is 308 g/mol. The first-order chi connectivity index (χ1) is 11.6. The number of aromatic nitrogens is 3. The van der Waals surface area contributed by atoms with Crippen LogP contribution in [0.4, 0.5) is 0 Å². The number of rotatable bonds is 5. The summed E-state index contributed by atoms with van der Waals surface area (Å²) >= 11 is 0. The maximum atomic E-state index is 12.5.